The first kappa shape index (κ1) is 19.9. The molecule has 2 aromatic rings. The van der Waals surface area contributed by atoms with Crippen LogP contribution in [0.25, 0.3) is 0 Å². The van der Waals surface area contributed by atoms with Gasteiger partial charge in [0.2, 0.25) is 5.91 Å². The Hall–Kier alpha value is -2.89. The molecule has 2 amide bonds. The SMILES string of the molecule is CC(C)(CNC(=O)COc1cccc(NC(=O)C2CC2)c1)c1ccccc1F. The van der Waals surface area contributed by atoms with E-state index in [1.807, 2.05) is 13.8 Å². The maximum absolute atomic E-state index is 14.0. The van der Waals surface area contributed by atoms with Crippen molar-refractivity contribution in [1.82, 2.24) is 5.32 Å². The van der Waals surface area contributed by atoms with Crippen LogP contribution in [0.3, 0.4) is 0 Å². The van der Waals surface area contributed by atoms with Gasteiger partial charge in [0.15, 0.2) is 6.61 Å². The Labute approximate surface area is 164 Å². The Kier molecular flexibility index (Phi) is 5.97. The van der Waals surface area contributed by atoms with E-state index in [4.69, 9.17) is 4.74 Å². The number of carbonyl (C=O) groups excluding carboxylic acids is 2. The van der Waals surface area contributed by atoms with Gasteiger partial charge in [0, 0.05) is 29.6 Å². The first-order valence-corrected chi connectivity index (χ1v) is 9.40. The number of hydrogen-bond donors (Lipinski definition) is 2. The molecule has 0 aliphatic heterocycles. The molecule has 1 saturated carbocycles. The topological polar surface area (TPSA) is 67.4 Å². The molecule has 0 aromatic heterocycles. The molecule has 0 atom stereocenters. The van der Waals surface area contributed by atoms with E-state index in [0.29, 0.717) is 17.0 Å². The van der Waals surface area contributed by atoms with Crippen LogP contribution in [0.15, 0.2) is 48.5 Å². The molecule has 0 unspecified atom stereocenters. The normalized spacial score (nSPS) is 13.7. The van der Waals surface area contributed by atoms with Crippen molar-refractivity contribution in [2.45, 2.75) is 32.1 Å². The third-order valence-corrected chi connectivity index (χ3v) is 4.75. The van der Waals surface area contributed by atoms with Crippen LogP contribution in [0.1, 0.15) is 32.3 Å². The molecule has 28 heavy (non-hydrogen) atoms. The summed E-state index contributed by atoms with van der Waals surface area (Å²) in [6.45, 7) is 3.87. The first-order chi connectivity index (χ1) is 13.3. The Bertz CT molecular complexity index is 862. The Morgan fingerprint density at radius 3 is 2.61 bits per heavy atom. The van der Waals surface area contributed by atoms with E-state index in [1.165, 1.54) is 6.07 Å². The Morgan fingerprint density at radius 1 is 1.14 bits per heavy atom. The van der Waals surface area contributed by atoms with E-state index >= 15 is 0 Å². The van der Waals surface area contributed by atoms with Crippen LogP contribution >= 0.6 is 0 Å². The molecule has 0 heterocycles. The quantitative estimate of drug-likeness (QED) is 0.730. The first-order valence-electron chi connectivity index (χ1n) is 9.40. The average molecular weight is 384 g/mol. The summed E-state index contributed by atoms with van der Waals surface area (Å²) in [6.07, 6.45) is 1.87. The maximum atomic E-state index is 14.0. The predicted molar refractivity (Wildman–Crippen MR) is 106 cm³/mol. The summed E-state index contributed by atoms with van der Waals surface area (Å²) in [6, 6.07) is 13.5. The summed E-state index contributed by atoms with van der Waals surface area (Å²) in [7, 11) is 0. The van der Waals surface area contributed by atoms with Crippen LogP contribution < -0.4 is 15.4 Å². The molecule has 5 nitrogen and oxygen atoms in total. The molecule has 0 saturated heterocycles. The lowest BCUT2D eigenvalue weighted by Crippen LogP contribution is -2.39. The van der Waals surface area contributed by atoms with Gasteiger partial charge in [-0.15, -0.1) is 0 Å². The third kappa shape index (κ3) is 5.31. The number of nitrogens with one attached hydrogen (secondary N) is 2. The highest BCUT2D eigenvalue weighted by molar-refractivity contribution is 5.94. The number of amides is 2. The molecular weight excluding hydrogens is 359 g/mol. The number of carbonyl (C=O) groups is 2. The van der Waals surface area contributed by atoms with Gasteiger partial charge in [-0.25, -0.2) is 4.39 Å². The lowest BCUT2D eigenvalue weighted by molar-refractivity contribution is -0.123. The van der Waals surface area contributed by atoms with Crippen molar-refractivity contribution in [3.05, 3.63) is 59.9 Å². The molecule has 1 aliphatic carbocycles. The molecule has 2 N–H and O–H groups in total. The van der Waals surface area contributed by atoms with Crippen LogP contribution in [0, 0.1) is 11.7 Å². The van der Waals surface area contributed by atoms with Crippen molar-refractivity contribution in [2.24, 2.45) is 5.92 Å². The second-order valence-electron chi connectivity index (χ2n) is 7.72. The molecule has 0 spiro atoms. The van der Waals surface area contributed by atoms with E-state index in [9.17, 15) is 14.0 Å². The summed E-state index contributed by atoms with van der Waals surface area (Å²) in [4.78, 5) is 24.0. The minimum Gasteiger partial charge on any atom is -0.484 e. The van der Waals surface area contributed by atoms with Gasteiger partial charge in [-0.3, -0.25) is 9.59 Å². The van der Waals surface area contributed by atoms with E-state index in [0.717, 1.165) is 12.8 Å². The number of benzene rings is 2. The van der Waals surface area contributed by atoms with Crippen LogP contribution in [0.4, 0.5) is 10.1 Å². The van der Waals surface area contributed by atoms with E-state index in [1.54, 1.807) is 42.5 Å². The number of ether oxygens (including phenoxy) is 1. The average Bonchev–Trinajstić information content (AvgIpc) is 3.51. The van der Waals surface area contributed by atoms with E-state index in [-0.39, 0.29) is 36.7 Å². The van der Waals surface area contributed by atoms with Gasteiger partial charge < -0.3 is 15.4 Å². The molecule has 6 heteroatoms. The van der Waals surface area contributed by atoms with Gasteiger partial charge in [-0.2, -0.15) is 0 Å². The van der Waals surface area contributed by atoms with Crippen molar-refractivity contribution >= 4 is 17.5 Å². The summed E-state index contributed by atoms with van der Waals surface area (Å²) < 4.78 is 19.5. The fraction of sp³-hybridized carbons (Fsp3) is 0.364. The molecule has 1 aliphatic rings. The van der Waals surface area contributed by atoms with Crippen molar-refractivity contribution in [2.75, 3.05) is 18.5 Å². The maximum Gasteiger partial charge on any atom is 0.257 e. The second-order valence-corrected chi connectivity index (χ2v) is 7.72. The van der Waals surface area contributed by atoms with Gasteiger partial charge >= 0.3 is 0 Å². The van der Waals surface area contributed by atoms with Crippen molar-refractivity contribution in [1.29, 1.82) is 0 Å². The summed E-state index contributed by atoms with van der Waals surface area (Å²) in [5, 5.41) is 5.63. The highest BCUT2D eigenvalue weighted by Crippen LogP contribution is 2.30. The summed E-state index contributed by atoms with van der Waals surface area (Å²) >= 11 is 0. The highest BCUT2D eigenvalue weighted by Gasteiger charge is 2.29. The molecule has 2 aromatic carbocycles. The van der Waals surface area contributed by atoms with Crippen molar-refractivity contribution in [3.63, 3.8) is 0 Å². The fourth-order valence-electron chi connectivity index (χ4n) is 2.88. The van der Waals surface area contributed by atoms with Crippen molar-refractivity contribution < 1.29 is 18.7 Å². The minimum atomic E-state index is -0.548. The standard InChI is InChI=1S/C22H25FN2O3/c1-22(2,18-8-3-4-9-19(18)23)14-24-20(26)13-28-17-7-5-6-16(12-17)25-21(27)15-10-11-15/h3-9,12,15H,10-11,13-14H2,1-2H3,(H,24,26)(H,25,27). The third-order valence-electron chi connectivity index (χ3n) is 4.75. The van der Waals surface area contributed by atoms with Gasteiger partial charge in [0.25, 0.3) is 5.91 Å². The van der Waals surface area contributed by atoms with Crippen LogP contribution in [0.2, 0.25) is 0 Å². The smallest absolute Gasteiger partial charge is 0.257 e. The van der Waals surface area contributed by atoms with Gasteiger partial charge in [0.05, 0.1) is 0 Å². The number of halogens is 1. The predicted octanol–water partition coefficient (Wildman–Crippen LogP) is 3.65. The lowest BCUT2D eigenvalue weighted by atomic mass is 9.84. The molecular formula is C22H25FN2O3. The zero-order chi connectivity index (χ0) is 20.1. The van der Waals surface area contributed by atoms with Crippen LogP contribution in [-0.4, -0.2) is 25.0 Å². The van der Waals surface area contributed by atoms with E-state index < -0.39 is 5.41 Å². The largest absolute Gasteiger partial charge is 0.484 e. The van der Waals surface area contributed by atoms with Gasteiger partial charge in [-0.1, -0.05) is 38.1 Å². The molecule has 0 bridgehead atoms. The van der Waals surface area contributed by atoms with E-state index in [2.05, 4.69) is 10.6 Å². The van der Waals surface area contributed by atoms with Gasteiger partial charge in [0.1, 0.15) is 11.6 Å². The fourth-order valence-corrected chi connectivity index (χ4v) is 2.88. The molecule has 0 radical (unpaired) electrons. The zero-order valence-corrected chi connectivity index (χ0v) is 16.1. The van der Waals surface area contributed by atoms with Crippen LogP contribution in [0.5, 0.6) is 5.75 Å². The zero-order valence-electron chi connectivity index (χ0n) is 16.1. The molecule has 1 fully saturated rings. The number of rotatable bonds is 8. The highest BCUT2D eigenvalue weighted by atomic mass is 19.1. The minimum absolute atomic E-state index is 0.0188. The van der Waals surface area contributed by atoms with Gasteiger partial charge in [-0.05, 0) is 36.6 Å². The summed E-state index contributed by atoms with van der Waals surface area (Å²) in [5.74, 6) is 0.0513. The van der Waals surface area contributed by atoms with Crippen molar-refractivity contribution in [3.8, 4) is 5.75 Å². The monoisotopic (exact) mass is 384 g/mol. The summed E-state index contributed by atoms with van der Waals surface area (Å²) in [5.41, 5.74) is 0.652. The second kappa shape index (κ2) is 8.42. The molecule has 148 valence electrons. The lowest BCUT2D eigenvalue weighted by Gasteiger charge is -2.26. The Balaban J connectivity index is 1.49. The molecule has 3 rings (SSSR count). The van der Waals surface area contributed by atoms with Crippen LogP contribution in [-0.2, 0) is 15.0 Å². The Morgan fingerprint density at radius 2 is 1.89 bits per heavy atom. The number of hydrogen-bond acceptors (Lipinski definition) is 3. The number of anilines is 1.